The first-order valence-electron chi connectivity index (χ1n) is 11.9. The fourth-order valence-corrected chi connectivity index (χ4v) is 4.28. The van der Waals surface area contributed by atoms with Crippen LogP contribution in [0.25, 0.3) is 5.65 Å². The molecule has 1 aliphatic heterocycles. The Labute approximate surface area is 206 Å². The molecule has 2 aromatic heterocycles. The van der Waals surface area contributed by atoms with Crippen molar-refractivity contribution in [2.24, 2.45) is 0 Å². The molecule has 3 aromatic rings. The van der Waals surface area contributed by atoms with Gasteiger partial charge in [0.05, 0.1) is 13.2 Å². The summed E-state index contributed by atoms with van der Waals surface area (Å²) in [6.07, 6.45) is -1.98. The number of nitrogens with zero attached hydrogens (tertiary/aromatic N) is 6. The lowest BCUT2D eigenvalue weighted by Gasteiger charge is -2.33. The second kappa shape index (κ2) is 11.1. The summed E-state index contributed by atoms with van der Waals surface area (Å²) in [5.74, 6) is 0.388. The van der Waals surface area contributed by atoms with Gasteiger partial charge in [-0.15, -0.1) is 15.3 Å². The van der Waals surface area contributed by atoms with Crippen molar-refractivity contribution in [2.75, 3.05) is 44.8 Å². The Morgan fingerprint density at radius 3 is 2.53 bits per heavy atom. The summed E-state index contributed by atoms with van der Waals surface area (Å²) in [5.41, 5.74) is 1.24. The van der Waals surface area contributed by atoms with Gasteiger partial charge in [0.15, 0.2) is 5.65 Å². The molecule has 0 bridgehead atoms. The predicted molar refractivity (Wildman–Crippen MR) is 126 cm³/mol. The van der Waals surface area contributed by atoms with E-state index in [0.717, 1.165) is 23.1 Å². The number of amides is 1. The van der Waals surface area contributed by atoms with Crippen molar-refractivity contribution in [1.29, 1.82) is 0 Å². The number of rotatable bonds is 9. The molecular formula is C24H29F3N6O3. The Morgan fingerprint density at radius 1 is 1.14 bits per heavy atom. The number of carbonyl (C=O) groups excluding carboxylic acids is 1. The molecule has 1 saturated heterocycles. The van der Waals surface area contributed by atoms with Crippen LogP contribution in [0.15, 0.2) is 36.4 Å². The van der Waals surface area contributed by atoms with Crippen molar-refractivity contribution >= 4 is 17.4 Å². The summed E-state index contributed by atoms with van der Waals surface area (Å²) in [5, 5.41) is 19.8. The maximum atomic E-state index is 13.2. The second-order valence-electron chi connectivity index (χ2n) is 8.80. The van der Waals surface area contributed by atoms with Crippen molar-refractivity contribution < 1.29 is 27.8 Å². The van der Waals surface area contributed by atoms with Crippen molar-refractivity contribution in [3.8, 4) is 5.75 Å². The van der Waals surface area contributed by atoms with E-state index in [1.54, 1.807) is 13.1 Å². The largest absolute Gasteiger partial charge is 0.494 e. The number of benzene rings is 1. The molecule has 1 fully saturated rings. The standard InChI is InChI=1S/C24H29F3N6O3/c1-31(14-15-34)22(35)3-2-16-36-19-6-4-17(5-7-19)18-10-12-32(13-11-18)21-9-8-20-28-29-23(24(25,26)27)33(20)30-21/h4-9,18,34H,2-3,10-16H2,1H3. The molecule has 36 heavy (non-hydrogen) atoms. The van der Waals surface area contributed by atoms with Crippen LogP contribution in [0, 0.1) is 0 Å². The molecule has 0 unspecified atom stereocenters. The number of ether oxygens (including phenoxy) is 1. The van der Waals surface area contributed by atoms with Gasteiger partial charge in [0.25, 0.3) is 5.82 Å². The summed E-state index contributed by atoms with van der Waals surface area (Å²) in [7, 11) is 1.67. The summed E-state index contributed by atoms with van der Waals surface area (Å²) in [4.78, 5) is 15.4. The Morgan fingerprint density at radius 2 is 1.86 bits per heavy atom. The van der Waals surface area contributed by atoms with Crippen LogP contribution in [0.2, 0.25) is 0 Å². The number of piperidine rings is 1. The number of likely N-dealkylation sites (N-methyl/N-ethyl adjacent to an activating group) is 1. The Hall–Kier alpha value is -3.41. The lowest BCUT2D eigenvalue weighted by molar-refractivity contribution is -0.146. The van der Waals surface area contributed by atoms with E-state index >= 15 is 0 Å². The van der Waals surface area contributed by atoms with Gasteiger partial charge < -0.3 is 19.6 Å². The number of halogens is 3. The maximum absolute atomic E-state index is 13.2. The van der Waals surface area contributed by atoms with Gasteiger partial charge in [-0.05, 0) is 55.0 Å². The molecule has 4 rings (SSSR count). The van der Waals surface area contributed by atoms with E-state index in [-0.39, 0.29) is 18.2 Å². The zero-order valence-corrected chi connectivity index (χ0v) is 20.0. The number of alkyl halides is 3. The van der Waals surface area contributed by atoms with Crippen LogP contribution < -0.4 is 9.64 Å². The van der Waals surface area contributed by atoms with E-state index in [9.17, 15) is 18.0 Å². The van der Waals surface area contributed by atoms with Gasteiger partial charge in [0.1, 0.15) is 11.6 Å². The topological polar surface area (TPSA) is 96.1 Å². The Kier molecular flexibility index (Phi) is 7.92. The minimum Gasteiger partial charge on any atom is -0.494 e. The highest BCUT2D eigenvalue weighted by Gasteiger charge is 2.38. The van der Waals surface area contributed by atoms with Crippen molar-refractivity contribution in [1.82, 2.24) is 24.7 Å². The minimum atomic E-state index is -4.62. The molecular weight excluding hydrogens is 477 g/mol. The van der Waals surface area contributed by atoms with Crippen molar-refractivity contribution in [2.45, 2.75) is 37.8 Å². The van der Waals surface area contributed by atoms with E-state index in [4.69, 9.17) is 9.84 Å². The van der Waals surface area contributed by atoms with Gasteiger partial charge in [0, 0.05) is 33.1 Å². The van der Waals surface area contributed by atoms with Gasteiger partial charge >= 0.3 is 6.18 Å². The molecule has 1 aromatic carbocycles. The average Bonchev–Trinajstić information content (AvgIpc) is 3.31. The lowest BCUT2D eigenvalue weighted by Crippen LogP contribution is -2.34. The molecule has 0 aliphatic carbocycles. The van der Waals surface area contributed by atoms with Crippen LogP contribution >= 0.6 is 0 Å². The van der Waals surface area contributed by atoms with Crippen molar-refractivity contribution in [3.63, 3.8) is 0 Å². The summed E-state index contributed by atoms with van der Waals surface area (Å²) < 4.78 is 46.0. The maximum Gasteiger partial charge on any atom is 0.453 e. The number of hydrogen-bond acceptors (Lipinski definition) is 7. The highest BCUT2D eigenvalue weighted by molar-refractivity contribution is 5.75. The summed E-state index contributed by atoms with van der Waals surface area (Å²) in [6, 6.07) is 11.1. The molecule has 12 heteroatoms. The fourth-order valence-electron chi connectivity index (χ4n) is 4.28. The first-order valence-corrected chi connectivity index (χ1v) is 11.9. The van der Waals surface area contributed by atoms with Gasteiger partial charge in [-0.25, -0.2) is 0 Å². The van der Waals surface area contributed by atoms with E-state index < -0.39 is 12.0 Å². The molecule has 0 radical (unpaired) electrons. The van der Waals surface area contributed by atoms with E-state index in [0.29, 0.717) is 50.8 Å². The zero-order chi connectivity index (χ0) is 25.7. The minimum absolute atomic E-state index is 0.0213. The zero-order valence-electron chi connectivity index (χ0n) is 20.0. The smallest absolute Gasteiger partial charge is 0.453 e. The number of aliphatic hydroxyl groups is 1. The lowest BCUT2D eigenvalue weighted by atomic mass is 9.89. The third-order valence-corrected chi connectivity index (χ3v) is 6.34. The number of aliphatic hydroxyl groups excluding tert-OH is 1. The van der Waals surface area contributed by atoms with E-state index in [2.05, 4.69) is 15.3 Å². The number of hydrogen-bond donors (Lipinski definition) is 1. The molecule has 0 atom stereocenters. The second-order valence-corrected chi connectivity index (χ2v) is 8.80. The van der Waals surface area contributed by atoms with Gasteiger partial charge in [-0.2, -0.15) is 17.7 Å². The summed E-state index contributed by atoms with van der Waals surface area (Å²) >= 11 is 0. The highest BCUT2D eigenvalue weighted by atomic mass is 19.4. The molecule has 0 spiro atoms. The molecule has 0 saturated carbocycles. The van der Waals surface area contributed by atoms with E-state index in [1.165, 1.54) is 16.5 Å². The van der Waals surface area contributed by atoms with Crippen LogP contribution in [0.1, 0.15) is 43.0 Å². The first-order chi connectivity index (χ1) is 17.3. The van der Waals surface area contributed by atoms with Gasteiger partial charge in [-0.3, -0.25) is 4.79 Å². The summed E-state index contributed by atoms with van der Waals surface area (Å²) in [6.45, 7) is 2.04. The van der Waals surface area contributed by atoms with Crippen LogP contribution in [-0.2, 0) is 11.0 Å². The number of aromatic nitrogens is 4. The van der Waals surface area contributed by atoms with Crippen LogP contribution in [0.3, 0.4) is 0 Å². The van der Waals surface area contributed by atoms with Crippen LogP contribution in [0.4, 0.5) is 19.0 Å². The van der Waals surface area contributed by atoms with Crippen LogP contribution in [-0.4, -0.2) is 75.6 Å². The molecule has 3 heterocycles. The monoisotopic (exact) mass is 506 g/mol. The van der Waals surface area contributed by atoms with E-state index in [1.807, 2.05) is 29.2 Å². The number of anilines is 1. The van der Waals surface area contributed by atoms with Gasteiger partial charge in [0.2, 0.25) is 5.91 Å². The SMILES string of the molecule is CN(CCO)C(=O)CCCOc1ccc(C2CCN(c3ccc4nnc(C(F)(F)F)n4n3)CC2)cc1. The first kappa shape index (κ1) is 25.7. The quantitative estimate of drug-likeness (QED) is 0.446. The molecule has 194 valence electrons. The molecule has 9 nitrogen and oxygen atoms in total. The predicted octanol–water partition coefficient (Wildman–Crippen LogP) is 3.14. The number of fused-ring (bicyclic) bond motifs is 1. The third kappa shape index (κ3) is 6.04. The Balaban J connectivity index is 1.27. The molecule has 1 amide bonds. The average molecular weight is 507 g/mol. The molecule has 1 N–H and O–H groups in total. The normalized spacial score (nSPS) is 14.9. The fraction of sp³-hybridized carbons (Fsp3) is 0.500. The molecule has 1 aliphatic rings. The van der Waals surface area contributed by atoms with Crippen LogP contribution in [0.5, 0.6) is 5.75 Å². The van der Waals surface area contributed by atoms with Gasteiger partial charge in [-0.1, -0.05) is 12.1 Å². The number of carbonyl (C=O) groups is 1. The third-order valence-electron chi connectivity index (χ3n) is 6.34. The van der Waals surface area contributed by atoms with Crippen molar-refractivity contribution in [3.05, 3.63) is 47.8 Å². The highest BCUT2D eigenvalue weighted by Crippen LogP contribution is 2.32. The Bertz CT molecular complexity index is 1160.